The molecule has 0 aromatic carbocycles. The molecule has 0 saturated carbocycles. The molecule has 1 saturated heterocycles. The highest BCUT2D eigenvalue weighted by Crippen LogP contribution is 2.27. The fraction of sp³-hybridized carbons (Fsp3) is 0.316. The molecule has 0 radical (unpaired) electrons. The number of pyridine rings is 1. The van der Waals surface area contributed by atoms with E-state index in [2.05, 4.69) is 36.2 Å². The first kappa shape index (κ1) is 16.5. The lowest BCUT2D eigenvalue weighted by Crippen LogP contribution is -2.34. The predicted octanol–water partition coefficient (Wildman–Crippen LogP) is 2.78. The van der Waals surface area contributed by atoms with E-state index < -0.39 is 0 Å². The first-order chi connectivity index (χ1) is 12.9. The van der Waals surface area contributed by atoms with Crippen molar-refractivity contribution in [3.05, 3.63) is 66.6 Å². The van der Waals surface area contributed by atoms with Crippen molar-refractivity contribution < 1.29 is 0 Å². The maximum atomic E-state index is 4.70. The monoisotopic (exact) mass is 347 g/mol. The fourth-order valence-electron chi connectivity index (χ4n) is 3.33. The van der Waals surface area contributed by atoms with Crippen LogP contribution < -0.4 is 5.32 Å². The van der Waals surface area contributed by atoms with Crippen molar-refractivity contribution in [3.8, 4) is 0 Å². The number of hydrogen-bond donors (Lipinski definition) is 1. The van der Waals surface area contributed by atoms with Crippen molar-refractivity contribution >= 4 is 11.8 Å². The van der Waals surface area contributed by atoms with E-state index in [0.29, 0.717) is 17.7 Å². The van der Waals surface area contributed by atoms with Crippen LogP contribution in [-0.2, 0) is 6.54 Å². The summed E-state index contributed by atoms with van der Waals surface area (Å²) in [7, 11) is 0. The van der Waals surface area contributed by atoms with E-state index in [1.807, 2.05) is 24.5 Å². The summed E-state index contributed by atoms with van der Waals surface area (Å²) in [4.78, 5) is 24.0. The molecule has 1 aliphatic heterocycles. The Kier molecular flexibility index (Phi) is 5.07. The molecule has 1 unspecified atom stereocenters. The molecule has 7 heteroatoms. The van der Waals surface area contributed by atoms with Crippen molar-refractivity contribution in [2.75, 3.05) is 18.4 Å². The van der Waals surface area contributed by atoms with Crippen molar-refractivity contribution in [2.24, 2.45) is 0 Å². The molecule has 1 atom stereocenters. The number of hydrogen-bond acceptors (Lipinski definition) is 7. The summed E-state index contributed by atoms with van der Waals surface area (Å²) in [6.07, 6.45) is 12.8. The van der Waals surface area contributed by atoms with Gasteiger partial charge in [-0.05, 0) is 37.1 Å². The maximum Gasteiger partial charge on any atom is 0.228 e. The average Bonchev–Trinajstić information content (AvgIpc) is 2.70. The molecule has 3 aromatic heterocycles. The lowest BCUT2D eigenvalue weighted by Gasteiger charge is -2.32. The smallest absolute Gasteiger partial charge is 0.228 e. The summed E-state index contributed by atoms with van der Waals surface area (Å²) in [6.45, 7) is 3.04. The van der Waals surface area contributed by atoms with E-state index in [1.165, 1.54) is 12.0 Å². The van der Waals surface area contributed by atoms with Crippen LogP contribution in [0.5, 0.6) is 0 Å². The van der Waals surface area contributed by atoms with Crippen LogP contribution in [0.4, 0.5) is 11.8 Å². The lowest BCUT2D eigenvalue weighted by atomic mass is 9.94. The molecule has 1 aliphatic rings. The molecule has 0 aliphatic carbocycles. The van der Waals surface area contributed by atoms with Crippen LogP contribution in [0.2, 0.25) is 0 Å². The fourth-order valence-corrected chi connectivity index (χ4v) is 3.33. The highest BCUT2D eigenvalue weighted by molar-refractivity contribution is 5.45. The van der Waals surface area contributed by atoms with Gasteiger partial charge in [0.15, 0.2) is 5.82 Å². The summed E-state index contributed by atoms with van der Waals surface area (Å²) in [5.41, 5.74) is 2.32. The summed E-state index contributed by atoms with van der Waals surface area (Å²) in [5, 5.41) is 3.12. The van der Waals surface area contributed by atoms with Gasteiger partial charge >= 0.3 is 0 Å². The molecule has 0 spiro atoms. The van der Waals surface area contributed by atoms with Gasteiger partial charge in [0.1, 0.15) is 0 Å². The molecular weight excluding hydrogens is 326 g/mol. The van der Waals surface area contributed by atoms with Gasteiger partial charge < -0.3 is 5.32 Å². The van der Waals surface area contributed by atoms with Crippen LogP contribution in [0.25, 0.3) is 0 Å². The number of nitrogens with one attached hydrogen (secondary N) is 1. The van der Waals surface area contributed by atoms with Crippen LogP contribution >= 0.6 is 0 Å². The lowest BCUT2D eigenvalue weighted by molar-refractivity contribution is 0.198. The first-order valence-corrected chi connectivity index (χ1v) is 8.84. The molecule has 4 heterocycles. The molecule has 132 valence electrons. The Morgan fingerprint density at radius 1 is 1.04 bits per heavy atom. The quantitative estimate of drug-likeness (QED) is 0.760. The Morgan fingerprint density at radius 3 is 2.85 bits per heavy atom. The van der Waals surface area contributed by atoms with Crippen LogP contribution in [0, 0.1) is 0 Å². The summed E-state index contributed by atoms with van der Waals surface area (Å²) in [6, 6.07) is 6.13. The van der Waals surface area contributed by atoms with E-state index in [9.17, 15) is 0 Å². The molecule has 7 nitrogen and oxygen atoms in total. The Hall–Kier alpha value is -2.93. The summed E-state index contributed by atoms with van der Waals surface area (Å²) in [5.74, 6) is 1.62. The van der Waals surface area contributed by atoms with Gasteiger partial charge in [-0.15, -0.1) is 0 Å². The third-order valence-corrected chi connectivity index (χ3v) is 4.53. The topological polar surface area (TPSA) is 79.7 Å². The van der Waals surface area contributed by atoms with Crippen molar-refractivity contribution in [1.29, 1.82) is 0 Å². The van der Waals surface area contributed by atoms with Crippen LogP contribution in [0.15, 0.2) is 55.4 Å². The van der Waals surface area contributed by atoms with Gasteiger partial charge in [0.2, 0.25) is 5.95 Å². The number of anilines is 2. The Balaban J connectivity index is 1.44. The van der Waals surface area contributed by atoms with Crippen LogP contribution in [-0.4, -0.2) is 42.9 Å². The summed E-state index contributed by atoms with van der Waals surface area (Å²) >= 11 is 0. The van der Waals surface area contributed by atoms with E-state index in [4.69, 9.17) is 4.98 Å². The second-order valence-electron chi connectivity index (χ2n) is 6.46. The zero-order chi connectivity index (χ0) is 17.6. The zero-order valence-corrected chi connectivity index (χ0v) is 14.5. The highest BCUT2D eigenvalue weighted by Gasteiger charge is 2.23. The summed E-state index contributed by atoms with van der Waals surface area (Å²) < 4.78 is 0. The maximum absolute atomic E-state index is 4.70. The molecule has 0 amide bonds. The van der Waals surface area contributed by atoms with Crippen LogP contribution in [0.3, 0.4) is 0 Å². The predicted molar refractivity (Wildman–Crippen MR) is 98.8 cm³/mol. The molecule has 0 bridgehead atoms. The van der Waals surface area contributed by atoms with Gasteiger partial charge in [-0.2, -0.15) is 0 Å². The molecular formula is C19H21N7. The normalized spacial score (nSPS) is 17.8. The largest absolute Gasteiger partial charge is 0.307 e. The van der Waals surface area contributed by atoms with E-state index in [-0.39, 0.29) is 0 Å². The van der Waals surface area contributed by atoms with Gasteiger partial charge in [-0.1, -0.05) is 6.07 Å². The number of aromatic nitrogens is 5. The van der Waals surface area contributed by atoms with Gasteiger partial charge in [0.25, 0.3) is 0 Å². The van der Waals surface area contributed by atoms with Gasteiger partial charge in [-0.25, -0.2) is 15.0 Å². The molecule has 1 N–H and O–H groups in total. The number of likely N-dealkylation sites (tertiary alicyclic amines) is 1. The standard InChI is InChI=1S/C19H21N7/c1-3-15(11-20-6-1)13-26-10-2-4-16(14-26)17-5-7-23-19(24-17)25-18-12-21-8-9-22-18/h1,3,5-9,11-12,16H,2,4,10,13-14H2,(H,22,23,24,25). The Bertz CT molecular complexity index is 826. The Labute approximate surface area is 152 Å². The molecule has 4 rings (SSSR count). The third-order valence-electron chi connectivity index (χ3n) is 4.53. The minimum atomic E-state index is 0.408. The second kappa shape index (κ2) is 7.97. The number of piperidine rings is 1. The average molecular weight is 347 g/mol. The van der Waals surface area contributed by atoms with Crippen molar-refractivity contribution in [3.63, 3.8) is 0 Å². The third kappa shape index (κ3) is 4.18. The number of nitrogens with zero attached hydrogens (tertiary/aromatic N) is 6. The van der Waals surface area contributed by atoms with E-state index >= 15 is 0 Å². The van der Waals surface area contributed by atoms with Crippen LogP contribution in [0.1, 0.15) is 30.0 Å². The molecule has 3 aromatic rings. The zero-order valence-electron chi connectivity index (χ0n) is 14.5. The minimum Gasteiger partial charge on any atom is -0.307 e. The second-order valence-corrected chi connectivity index (χ2v) is 6.46. The van der Waals surface area contributed by atoms with E-state index in [0.717, 1.165) is 31.7 Å². The van der Waals surface area contributed by atoms with Gasteiger partial charge in [0, 0.05) is 50.0 Å². The highest BCUT2D eigenvalue weighted by atomic mass is 15.2. The Morgan fingerprint density at radius 2 is 2.00 bits per heavy atom. The SMILES string of the molecule is c1cncc(CN2CCCC(c3ccnc(Nc4cnccn4)n3)C2)c1. The van der Waals surface area contributed by atoms with Crippen molar-refractivity contribution in [1.82, 2.24) is 29.8 Å². The van der Waals surface area contributed by atoms with E-state index in [1.54, 1.807) is 24.8 Å². The molecule has 1 fully saturated rings. The molecule has 26 heavy (non-hydrogen) atoms. The van der Waals surface area contributed by atoms with Gasteiger partial charge in [0.05, 0.1) is 11.9 Å². The van der Waals surface area contributed by atoms with Gasteiger partial charge in [-0.3, -0.25) is 14.9 Å². The number of rotatable bonds is 5. The first-order valence-electron chi connectivity index (χ1n) is 8.84. The minimum absolute atomic E-state index is 0.408. The van der Waals surface area contributed by atoms with Crippen molar-refractivity contribution in [2.45, 2.75) is 25.3 Å².